The molecule has 1 aromatic heterocycles. The number of hydrogen-bond donors (Lipinski definition) is 1. The number of rotatable bonds is 8. The fourth-order valence-corrected chi connectivity index (χ4v) is 3.75. The van der Waals surface area contributed by atoms with Crippen molar-refractivity contribution >= 4 is 29.1 Å². The summed E-state index contributed by atoms with van der Waals surface area (Å²) >= 11 is 1.65. The van der Waals surface area contributed by atoms with Crippen LogP contribution in [0, 0.1) is 13.8 Å². The van der Waals surface area contributed by atoms with Crippen LogP contribution < -0.4 is 5.32 Å². The van der Waals surface area contributed by atoms with Crippen LogP contribution in [-0.2, 0) is 10.5 Å². The topological polar surface area (TPSA) is 59.1 Å². The number of anilines is 1. The number of carbonyl (C=O) groups excluding carboxylic acids is 2. The minimum absolute atomic E-state index is 0.00172. The predicted molar refractivity (Wildman–Crippen MR) is 118 cm³/mol. The first kappa shape index (κ1) is 20.8. The first-order chi connectivity index (χ1) is 14.0. The predicted octanol–water partition coefficient (Wildman–Crippen LogP) is 5.59. The third-order valence-corrected chi connectivity index (χ3v) is 5.52. The lowest BCUT2D eigenvalue weighted by Gasteiger charge is -2.09. The van der Waals surface area contributed by atoms with Gasteiger partial charge in [-0.3, -0.25) is 9.59 Å². The second-order valence-electron chi connectivity index (χ2n) is 6.95. The number of ketones is 1. The lowest BCUT2D eigenvalue weighted by molar-refractivity contribution is -0.116. The number of aryl methyl sites for hydroxylation is 2. The molecule has 1 N–H and O–H groups in total. The van der Waals surface area contributed by atoms with Crippen molar-refractivity contribution in [2.75, 3.05) is 5.32 Å². The molecule has 0 saturated carbocycles. The van der Waals surface area contributed by atoms with Crippen molar-refractivity contribution in [1.82, 2.24) is 4.98 Å². The molecule has 0 aliphatic rings. The lowest BCUT2D eigenvalue weighted by atomic mass is 9.99. The van der Waals surface area contributed by atoms with Gasteiger partial charge in [0.1, 0.15) is 0 Å². The Morgan fingerprint density at radius 2 is 1.83 bits per heavy atom. The van der Waals surface area contributed by atoms with Gasteiger partial charge in [0.2, 0.25) is 5.91 Å². The number of hydrogen-bond acceptors (Lipinski definition) is 4. The molecule has 0 atom stereocenters. The van der Waals surface area contributed by atoms with E-state index in [0.29, 0.717) is 5.56 Å². The molecule has 148 valence electrons. The zero-order valence-corrected chi connectivity index (χ0v) is 17.5. The lowest BCUT2D eigenvalue weighted by Crippen LogP contribution is -2.14. The molecular formula is C24H24N2O2S. The van der Waals surface area contributed by atoms with E-state index in [2.05, 4.69) is 10.3 Å². The smallest absolute Gasteiger partial charge is 0.224 e. The Hall–Kier alpha value is -2.92. The molecule has 0 bridgehead atoms. The zero-order valence-electron chi connectivity index (χ0n) is 16.6. The van der Waals surface area contributed by atoms with Gasteiger partial charge in [-0.2, -0.15) is 0 Å². The fourth-order valence-electron chi connectivity index (χ4n) is 2.95. The van der Waals surface area contributed by atoms with Crippen LogP contribution in [0.2, 0.25) is 0 Å². The highest BCUT2D eigenvalue weighted by Crippen LogP contribution is 2.22. The highest BCUT2D eigenvalue weighted by atomic mass is 32.2. The van der Waals surface area contributed by atoms with Gasteiger partial charge >= 0.3 is 0 Å². The van der Waals surface area contributed by atoms with Gasteiger partial charge in [0.05, 0.1) is 5.03 Å². The molecule has 5 heteroatoms. The maximum absolute atomic E-state index is 12.5. The first-order valence-electron chi connectivity index (χ1n) is 9.54. The van der Waals surface area contributed by atoms with Gasteiger partial charge in [-0.15, -0.1) is 11.8 Å². The first-order valence-corrected chi connectivity index (χ1v) is 10.5. The Balaban J connectivity index is 1.52. The van der Waals surface area contributed by atoms with Gasteiger partial charge in [-0.25, -0.2) is 4.98 Å². The number of Topliss-reactive ketones (excluding diaryl/α,β-unsaturated/α-hetero) is 1. The number of aromatic nitrogens is 1. The van der Waals surface area contributed by atoms with Crippen LogP contribution in [-0.4, -0.2) is 16.7 Å². The molecular weight excluding hydrogens is 380 g/mol. The summed E-state index contributed by atoms with van der Waals surface area (Å²) in [6.45, 7) is 3.88. The molecule has 29 heavy (non-hydrogen) atoms. The van der Waals surface area contributed by atoms with Crippen LogP contribution in [0.5, 0.6) is 0 Å². The molecule has 0 aliphatic carbocycles. The van der Waals surface area contributed by atoms with Crippen LogP contribution in [0.15, 0.2) is 71.9 Å². The van der Waals surface area contributed by atoms with Crippen molar-refractivity contribution in [2.24, 2.45) is 0 Å². The SMILES string of the molecule is Cc1ccc(C)c(C(=O)CCC(=O)Nc2cccc(CSc3ccccn3)c2)c1. The van der Waals surface area contributed by atoms with E-state index in [-0.39, 0.29) is 24.5 Å². The highest BCUT2D eigenvalue weighted by molar-refractivity contribution is 7.98. The number of nitrogens with one attached hydrogen (secondary N) is 1. The minimum Gasteiger partial charge on any atom is -0.326 e. The maximum Gasteiger partial charge on any atom is 0.224 e. The summed E-state index contributed by atoms with van der Waals surface area (Å²) in [6, 6.07) is 19.4. The largest absolute Gasteiger partial charge is 0.326 e. The normalized spacial score (nSPS) is 10.6. The number of nitrogens with zero attached hydrogens (tertiary/aromatic N) is 1. The summed E-state index contributed by atoms with van der Waals surface area (Å²) in [5.74, 6) is 0.617. The Kier molecular flexibility index (Phi) is 7.19. The van der Waals surface area contributed by atoms with Gasteiger partial charge in [0, 0.05) is 36.0 Å². The molecule has 0 aliphatic heterocycles. The van der Waals surface area contributed by atoms with E-state index in [1.54, 1.807) is 18.0 Å². The summed E-state index contributed by atoms with van der Waals surface area (Å²) in [7, 11) is 0. The van der Waals surface area contributed by atoms with E-state index in [1.165, 1.54) is 0 Å². The molecule has 0 fully saturated rings. The minimum atomic E-state index is -0.154. The number of thioether (sulfide) groups is 1. The highest BCUT2D eigenvalue weighted by Gasteiger charge is 2.12. The second-order valence-corrected chi connectivity index (χ2v) is 7.94. The van der Waals surface area contributed by atoms with Crippen molar-refractivity contribution < 1.29 is 9.59 Å². The molecule has 1 amide bonds. The van der Waals surface area contributed by atoms with Gasteiger partial charge in [0.15, 0.2) is 5.78 Å². The number of carbonyl (C=O) groups is 2. The van der Waals surface area contributed by atoms with Crippen molar-refractivity contribution in [3.05, 3.63) is 89.1 Å². The third-order valence-electron chi connectivity index (χ3n) is 4.51. The summed E-state index contributed by atoms with van der Waals surface area (Å²) in [6.07, 6.45) is 2.14. The quantitative estimate of drug-likeness (QED) is 0.393. The second kappa shape index (κ2) is 10.0. The van der Waals surface area contributed by atoms with Crippen LogP contribution in [0.4, 0.5) is 5.69 Å². The zero-order chi connectivity index (χ0) is 20.6. The average molecular weight is 405 g/mol. The molecule has 0 spiro atoms. The molecule has 0 unspecified atom stereocenters. The molecule has 0 radical (unpaired) electrons. The summed E-state index contributed by atoms with van der Waals surface area (Å²) in [4.78, 5) is 29.1. The summed E-state index contributed by atoms with van der Waals surface area (Å²) in [5.41, 5.74) is 4.53. The van der Waals surface area contributed by atoms with Crippen molar-refractivity contribution in [3.63, 3.8) is 0 Å². The van der Waals surface area contributed by atoms with Crippen molar-refractivity contribution in [3.8, 4) is 0 Å². The summed E-state index contributed by atoms with van der Waals surface area (Å²) < 4.78 is 0. The van der Waals surface area contributed by atoms with E-state index in [1.807, 2.05) is 74.5 Å². The molecule has 1 heterocycles. The monoisotopic (exact) mass is 404 g/mol. The molecule has 3 aromatic rings. The standard InChI is InChI=1S/C24H24N2O2S/c1-17-9-10-18(2)21(14-17)22(27)11-12-23(28)26-20-7-5-6-19(15-20)16-29-24-8-3-4-13-25-24/h3-10,13-15H,11-12,16H2,1-2H3,(H,26,28). The summed E-state index contributed by atoms with van der Waals surface area (Å²) in [5, 5.41) is 3.86. The van der Waals surface area contributed by atoms with E-state index in [4.69, 9.17) is 0 Å². The third kappa shape index (κ3) is 6.29. The fraction of sp³-hybridized carbons (Fsp3) is 0.208. The Morgan fingerprint density at radius 1 is 0.966 bits per heavy atom. The molecule has 0 saturated heterocycles. The number of benzene rings is 2. The van der Waals surface area contributed by atoms with Gasteiger partial charge < -0.3 is 5.32 Å². The number of amides is 1. The van der Waals surface area contributed by atoms with Crippen LogP contribution in [0.3, 0.4) is 0 Å². The Morgan fingerprint density at radius 3 is 2.62 bits per heavy atom. The maximum atomic E-state index is 12.5. The van der Waals surface area contributed by atoms with Crippen molar-refractivity contribution in [2.45, 2.75) is 37.5 Å². The van der Waals surface area contributed by atoms with E-state index < -0.39 is 0 Å². The van der Waals surface area contributed by atoms with Gasteiger partial charge in [-0.05, 0) is 55.3 Å². The molecule has 4 nitrogen and oxygen atoms in total. The van der Waals surface area contributed by atoms with Gasteiger partial charge in [-0.1, -0.05) is 35.9 Å². The Bertz CT molecular complexity index is 1000. The van der Waals surface area contributed by atoms with E-state index in [9.17, 15) is 9.59 Å². The molecule has 2 aromatic carbocycles. The van der Waals surface area contributed by atoms with Crippen LogP contribution in [0.1, 0.15) is 39.9 Å². The van der Waals surface area contributed by atoms with Crippen molar-refractivity contribution in [1.29, 1.82) is 0 Å². The Labute approximate surface area is 175 Å². The van der Waals surface area contributed by atoms with Crippen LogP contribution in [0.25, 0.3) is 0 Å². The van der Waals surface area contributed by atoms with E-state index >= 15 is 0 Å². The van der Waals surface area contributed by atoms with Crippen LogP contribution >= 0.6 is 11.8 Å². The van der Waals surface area contributed by atoms with E-state index in [0.717, 1.165) is 33.2 Å². The number of pyridine rings is 1. The van der Waals surface area contributed by atoms with Gasteiger partial charge in [0.25, 0.3) is 0 Å². The average Bonchev–Trinajstić information content (AvgIpc) is 2.73. The molecule has 3 rings (SSSR count).